The highest BCUT2D eigenvalue weighted by Crippen LogP contribution is 1.99. The van der Waals surface area contributed by atoms with Gasteiger partial charge in [0.1, 0.15) is 0 Å². The third kappa shape index (κ3) is 9.03. The first-order valence-electron chi connectivity index (χ1n) is 5.04. The lowest BCUT2D eigenvalue weighted by atomic mass is 10.1. The second kappa shape index (κ2) is 7.35. The van der Waals surface area contributed by atoms with E-state index in [1.165, 1.54) is 13.8 Å². The summed E-state index contributed by atoms with van der Waals surface area (Å²) in [6.45, 7) is 5.75. The van der Waals surface area contributed by atoms with E-state index >= 15 is 0 Å². The lowest BCUT2D eigenvalue weighted by Crippen LogP contribution is -2.30. The number of nitrogens with one attached hydrogen (secondary N) is 2. The normalized spacial score (nSPS) is 11.9. The molecular weight excluding hydrogens is 180 g/mol. The van der Waals surface area contributed by atoms with Gasteiger partial charge in [-0.15, -0.1) is 0 Å². The molecule has 0 radical (unpaired) electrons. The first kappa shape index (κ1) is 12.9. The van der Waals surface area contributed by atoms with Gasteiger partial charge in [0.05, 0.1) is 0 Å². The predicted molar refractivity (Wildman–Crippen MR) is 55.8 cm³/mol. The topological polar surface area (TPSA) is 58.2 Å². The predicted octanol–water partition coefficient (Wildman–Crippen LogP) is 0.817. The van der Waals surface area contributed by atoms with Gasteiger partial charge in [-0.3, -0.25) is 9.59 Å². The van der Waals surface area contributed by atoms with Crippen molar-refractivity contribution < 1.29 is 9.59 Å². The van der Waals surface area contributed by atoms with Crippen LogP contribution < -0.4 is 10.6 Å². The molecule has 0 spiro atoms. The zero-order valence-electron chi connectivity index (χ0n) is 9.22. The molecule has 0 aromatic rings. The summed E-state index contributed by atoms with van der Waals surface area (Å²) in [4.78, 5) is 21.2. The summed E-state index contributed by atoms with van der Waals surface area (Å²) in [7, 11) is 0. The molecule has 2 N–H and O–H groups in total. The Morgan fingerprint density at radius 1 is 1.14 bits per heavy atom. The van der Waals surface area contributed by atoms with Crippen molar-refractivity contribution >= 4 is 11.8 Å². The van der Waals surface area contributed by atoms with Crippen LogP contribution in [0.4, 0.5) is 0 Å². The maximum Gasteiger partial charge on any atom is 0.217 e. The Kier molecular flexibility index (Phi) is 6.80. The highest BCUT2D eigenvalue weighted by atomic mass is 16.2. The van der Waals surface area contributed by atoms with E-state index in [1.807, 2.05) is 6.92 Å². The van der Waals surface area contributed by atoms with Crippen molar-refractivity contribution in [3.05, 3.63) is 0 Å². The second-order valence-corrected chi connectivity index (χ2v) is 3.58. The number of hydrogen-bond donors (Lipinski definition) is 2. The van der Waals surface area contributed by atoms with E-state index in [4.69, 9.17) is 0 Å². The lowest BCUT2D eigenvalue weighted by molar-refractivity contribution is -0.120. The minimum Gasteiger partial charge on any atom is -0.356 e. The lowest BCUT2D eigenvalue weighted by Gasteiger charge is -2.11. The molecule has 82 valence electrons. The van der Waals surface area contributed by atoms with Crippen LogP contribution in [0.1, 0.15) is 40.0 Å². The molecule has 4 heteroatoms. The molecule has 0 bridgehead atoms. The molecule has 0 unspecified atom stereocenters. The van der Waals surface area contributed by atoms with E-state index in [-0.39, 0.29) is 17.9 Å². The van der Waals surface area contributed by atoms with Crippen molar-refractivity contribution in [2.75, 3.05) is 6.54 Å². The van der Waals surface area contributed by atoms with Crippen LogP contribution in [-0.4, -0.2) is 24.4 Å². The van der Waals surface area contributed by atoms with Crippen molar-refractivity contribution in [1.82, 2.24) is 10.6 Å². The van der Waals surface area contributed by atoms with Crippen molar-refractivity contribution in [2.24, 2.45) is 0 Å². The first-order valence-corrected chi connectivity index (χ1v) is 5.04. The monoisotopic (exact) mass is 200 g/mol. The Bertz CT molecular complexity index is 193. The SMILES string of the molecule is CC(=O)NCCCC[C@@H](C)NC(C)=O. The van der Waals surface area contributed by atoms with E-state index in [2.05, 4.69) is 10.6 Å². The zero-order valence-corrected chi connectivity index (χ0v) is 9.22. The molecule has 0 heterocycles. The van der Waals surface area contributed by atoms with Gasteiger partial charge in [-0.2, -0.15) is 0 Å². The molecule has 0 aliphatic heterocycles. The summed E-state index contributed by atoms with van der Waals surface area (Å²) in [5.41, 5.74) is 0. The van der Waals surface area contributed by atoms with Gasteiger partial charge < -0.3 is 10.6 Å². The molecule has 14 heavy (non-hydrogen) atoms. The van der Waals surface area contributed by atoms with Gasteiger partial charge in [0.25, 0.3) is 0 Å². The van der Waals surface area contributed by atoms with Gasteiger partial charge in [0.15, 0.2) is 0 Å². The average Bonchev–Trinajstić information content (AvgIpc) is 2.01. The molecule has 0 aromatic heterocycles. The minimum absolute atomic E-state index is 0.0133. The molecule has 0 fully saturated rings. The Labute approximate surface area is 85.4 Å². The number of amides is 2. The van der Waals surface area contributed by atoms with Crippen LogP contribution in [0.3, 0.4) is 0 Å². The largest absolute Gasteiger partial charge is 0.356 e. The Hall–Kier alpha value is -1.06. The number of carbonyl (C=O) groups excluding carboxylic acids is 2. The molecule has 0 saturated heterocycles. The third-order valence-electron chi connectivity index (χ3n) is 1.89. The summed E-state index contributed by atoms with van der Waals surface area (Å²) in [6, 6.07) is 0.227. The molecule has 0 aliphatic rings. The van der Waals surface area contributed by atoms with Gasteiger partial charge in [-0.1, -0.05) is 0 Å². The van der Waals surface area contributed by atoms with Crippen LogP contribution in [0.25, 0.3) is 0 Å². The number of rotatable bonds is 6. The summed E-state index contributed by atoms with van der Waals surface area (Å²) in [5.74, 6) is 0.0271. The Morgan fingerprint density at radius 3 is 2.29 bits per heavy atom. The molecule has 4 nitrogen and oxygen atoms in total. The van der Waals surface area contributed by atoms with Gasteiger partial charge in [-0.05, 0) is 26.2 Å². The van der Waals surface area contributed by atoms with Crippen LogP contribution in [0.15, 0.2) is 0 Å². The van der Waals surface area contributed by atoms with E-state index in [0.29, 0.717) is 0 Å². The summed E-state index contributed by atoms with van der Waals surface area (Å²) in [6.07, 6.45) is 2.93. The van der Waals surface area contributed by atoms with Gasteiger partial charge in [-0.25, -0.2) is 0 Å². The van der Waals surface area contributed by atoms with E-state index in [1.54, 1.807) is 0 Å². The number of unbranched alkanes of at least 4 members (excludes halogenated alkanes) is 1. The van der Waals surface area contributed by atoms with E-state index < -0.39 is 0 Å². The molecule has 0 rings (SSSR count). The van der Waals surface area contributed by atoms with Gasteiger partial charge in [0.2, 0.25) is 11.8 Å². The van der Waals surface area contributed by atoms with E-state index in [9.17, 15) is 9.59 Å². The third-order valence-corrected chi connectivity index (χ3v) is 1.89. The maximum atomic E-state index is 10.7. The molecule has 0 aromatic carbocycles. The fourth-order valence-corrected chi connectivity index (χ4v) is 1.26. The molecule has 0 aliphatic carbocycles. The standard InChI is InChI=1S/C10H20N2O2/c1-8(12-10(3)14)6-4-5-7-11-9(2)13/h8H,4-7H2,1-3H3,(H,11,13)(H,12,14)/t8-/m1/s1. The van der Waals surface area contributed by atoms with E-state index in [0.717, 1.165) is 25.8 Å². The summed E-state index contributed by atoms with van der Waals surface area (Å²) in [5, 5.41) is 5.55. The molecular formula is C10H20N2O2. The maximum absolute atomic E-state index is 10.7. The molecule has 1 atom stereocenters. The zero-order chi connectivity index (χ0) is 11.0. The number of carbonyl (C=O) groups is 2. The van der Waals surface area contributed by atoms with Crippen LogP contribution in [-0.2, 0) is 9.59 Å². The fourth-order valence-electron chi connectivity index (χ4n) is 1.26. The molecule has 0 saturated carbocycles. The average molecular weight is 200 g/mol. The van der Waals surface area contributed by atoms with Crippen molar-refractivity contribution in [3.8, 4) is 0 Å². The second-order valence-electron chi connectivity index (χ2n) is 3.58. The highest BCUT2D eigenvalue weighted by molar-refractivity contribution is 5.73. The summed E-state index contributed by atoms with van der Waals surface area (Å²) >= 11 is 0. The van der Waals surface area contributed by atoms with Crippen LogP contribution in [0, 0.1) is 0 Å². The quantitative estimate of drug-likeness (QED) is 0.624. The summed E-state index contributed by atoms with van der Waals surface area (Å²) < 4.78 is 0. The fraction of sp³-hybridized carbons (Fsp3) is 0.800. The highest BCUT2D eigenvalue weighted by Gasteiger charge is 2.02. The minimum atomic E-state index is 0.0133. The number of hydrogen-bond acceptors (Lipinski definition) is 2. The first-order chi connectivity index (χ1) is 6.52. The van der Waals surface area contributed by atoms with Crippen LogP contribution >= 0.6 is 0 Å². The van der Waals surface area contributed by atoms with Gasteiger partial charge in [0, 0.05) is 26.4 Å². The van der Waals surface area contributed by atoms with Crippen LogP contribution in [0.5, 0.6) is 0 Å². The van der Waals surface area contributed by atoms with Crippen LogP contribution in [0.2, 0.25) is 0 Å². The van der Waals surface area contributed by atoms with Gasteiger partial charge >= 0.3 is 0 Å². The van der Waals surface area contributed by atoms with Crippen molar-refractivity contribution in [1.29, 1.82) is 0 Å². The van der Waals surface area contributed by atoms with Crippen molar-refractivity contribution in [2.45, 2.75) is 46.1 Å². The Balaban J connectivity index is 3.27. The molecule has 2 amide bonds. The van der Waals surface area contributed by atoms with Crippen molar-refractivity contribution in [3.63, 3.8) is 0 Å². The smallest absolute Gasteiger partial charge is 0.217 e. The Morgan fingerprint density at radius 2 is 1.79 bits per heavy atom.